The number of terminal acetylenes is 1. The zero-order chi connectivity index (χ0) is 11.7. The van der Waals surface area contributed by atoms with E-state index in [1.165, 1.54) is 5.06 Å². The lowest BCUT2D eigenvalue weighted by Gasteiger charge is -2.51. The third-order valence-corrected chi connectivity index (χ3v) is 3.13. The van der Waals surface area contributed by atoms with Crippen LogP contribution in [0.15, 0.2) is 0 Å². The van der Waals surface area contributed by atoms with Crippen LogP contribution in [0.25, 0.3) is 0 Å². The molecule has 0 aromatic heterocycles. The molecule has 1 aliphatic heterocycles. The van der Waals surface area contributed by atoms with Crippen molar-refractivity contribution in [3.8, 4) is 12.3 Å². The quantitative estimate of drug-likeness (QED) is 0.732. The number of piperidine rings is 1. The van der Waals surface area contributed by atoms with Crippen LogP contribution in [0.4, 0.5) is 0 Å². The van der Waals surface area contributed by atoms with Gasteiger partial charge in [0.25, 0.3) is 0 Å². The molecule has 16 heavy (non-hydrogen) atoms. The Morgan fingerprint density at radius 2 is 1.75 bits per heavy atom. The zero-order valence-corrected chi connectivity index (χ0v) is 11.4. The van der Waals surface area contributed by atoms with E-state index in [-0.39, 0.29) is 23.5 Å². The molecule has 0 aliphatic carbocycles. The van der Waals surface area contributed by atoms with Gasteiger partial charge in [-0.1, -0.05) is 5.92 Å². The molecule has 1 heterocycles. The topological polar surface area (TPSA) is 35.5 Å². The van der Waals surface area contributed by atoms with E-state index in [4.69, 9.17) is 6.42 Å². The van der Waals surface area contributed by atoms with Crippen molar-refractivity contribution in [2.24, 2.45) is 0 Å². The summed E-state index contributed by atoms with van der Waals surface area (Å²) in [5.74, 6) is 2.59. The minimum absolute atomic E-state index is 0. The first-order valence-electron chi connectivity index (χ1n) is 5.46. The smallest absolute Gasteiger partial charge is 0.0575 e. The van der Waals surface area contributed by atoms with Crippen molar-refractivity contribution in [3.63, 3.8) is 0 Å². The van der Waals surface area contributed by atoms with Crippen molar-refractivity contribution < 1.29 is 5.21 Å². The number of hydrogen-bond donors (Lipinski definition) is 2. The molecule has 2 N–H and O–H groups in total. The molecule has 0 amide bonds. The fraction of sp³-hybridized carbons (Fsp3) is 0.833. The number of hydroxylamine groups is 2. The second kappa shape index (κ2) is 5.37. The molecule has 0 spiro atoms. The van der Waals surface area contributed by atoms with Gasteiger partial charge in [0.05, 0.1) is 6.54 Å². The highest BCUT2D eigenvalue weighted by molar-refractivity contribution is 5.85. The molecule has 1 rings (SSSR count). The molecule has 0 bridgehead atoms. The van der Waals surface area contributed by atoms with Crippen molar-refractivity contribution in [2.75, 3.05) is 6.54 Å². The minimum Gasteiger partial charge on any atom is -0.313 e. The minimum atomic E-state index is -0.200. The van der Waals surface area contributed by atoms with Crippen LogP contribution in [0.1, 0.15) is 40.5 Å². The van der Waals surface area contributed by atoms with Crippen LogP contribution in [0, 0.1) is 12.3 Å². The van der Waals surface area contributed by atoms with Gasteiger partial charge in [-0.3, -0.25) is 0 Å². The predicted octanol–water partition coefficient (Wildman–Crippen LogP) is 2.04. The summed E-state index contributed by atoms with van der Waals surface area (Å²) in [6, 6.07) is 0.384. The van der Waals surface area contributed by atoms with E-state index in [0.717, 1.165) is 12.8 Å². The summed E-state index contributed by atoms with van der Waals surface area (Å²) in [7, 11) is 0. The lowest BCUT2D eigenvalue weighted by Crippen LogP contribution is -2.62. The van der Waals surface area contributed by atoms with Gasteiger partial charge in [0.1, 0.15) is 0 Å². The highest BCUT2D eigenvalue weighted by Gasteiger charge is 2.44. The average molecular weight is 247 g/mol. The summed E-state index contributed by atoms with van der Waals surface area (Å²) in [6.07, 6.45) is 7.06. The van der Waals surface area contributed by atoms with Gasteiger partial charge in [-0.2, -0.15) is 5.06 Å². The third-order valence-electron chi connectivity index (χ3n) is 3.13. The van der Waals surface area contributed by atoms with Crippen LogP contribution >= 0.6 is 12.4 Å². The number of hydrogen-bond acceptors (Lipinski definition) is 3. The third kappa shape index (κ3) is 3.36. The standard InChI is InChI=1S/C12H22N2O.ClH/c1-6-7-13-10-8-11(2,3)14(15)12(4,5)9-10;/h1,10,13,15H,7-9H2,2-5H3;1H. The molecule has 1 fully saturated rings. The molecular formula is C12H23ClN2O. The Bertz CT molecular complexity index is 253. The summed E-state index contributed by atoms with van der Waals surface area (Å²) in [5, 5.41) is 14.9. The molecule has 0 atom stereocenters. The Hall–Kier alpha value is -0.270. The van der Waals surface area contributed by atoms with E-state index < -0.39 is 0 Å². The molecule has 94 valence electrons. The Labute approximate surface area is 105 Å². The highest BCUT2D eigenvalue weighted by Crippen LogP contribution is 2.36. The molecule has 1 saturated heterocycles. The molecular weight excluding hydrogens is 224 g/mol. The molecule has 0 aromatic rings. The van der Waals surface area contributed by atoms with Crippen molar-refractivity contribution in [2.45, 2.75) is 57.7 Å². The van der Waals surface area contributed by atoms with E-state index in [1.54, 1.807) is 0 Å². The largest absolute Gasteiger partial charge is 0.313 e. The molecule has 0 unspecified atom stereocenters. The molecule has 4 heteroatoms. The van der Waals surface area contributed by atoms with Crippen molar-refractivity contribution >= 4 is 12.4 Å². The summed E-state index contributed by atoms with van der Waals surface area (Å²) in [4.78, 5) is 0. The Balaban J connectivity index is 0.00000225. The first-order valence-corrected chi connectivity index (χ1v) is 5.46. The fourth-order valence-electron chi connectivity index (χ4n) is 2.62. The normalized spacial score (nSPS) is 24.5. The van der Waals surface area contributed by atoms with Crippen LogP contribution in [0.5, 0.6) is 0 Å². The van der Waals surface area contributed by atoms with Gasteiger partial charge in [0, 0.05) is 17.1 Å². The SMILES string of the molecule is C#CCNC1CC(C)(C)N(O)C(C)(C)C1.Cl. The summed E-state index contributed by atoms with van der Waals surface area (Å²) in [6.45, 7) is 8.82. The van der Waals surface area contributed by atoms with Crippen LogP contribution < -0.4 is 5.32 Å². The summed E-state index contributed by atoms with van der Waals surface area (Å²) >= 11 is 0. The first-order chi connectivity index (χ1) is 6.79. The molecule has 1 aliphatic rings. The Kier molecular flexibility index (Phi) is 5.28. The van der Waals surface area contributed by atoms with Crippen molar-refractivity contribution in [1.29, 1.82) is 0 Å². The molecule has 3 nitrogen and oxygen atoms in total. The van der Waals surface area contributed by atoms with Crippen molar-refractivity contribution in [3.05, 3.63) is 0 Å². The number of halogens is 1. The molecule has 0 radical (unpaired) electrons. The highest BCUT2D eigenvalue weighted by atomic mass is 35.5. The summed E-state index contributed by atoms with van der Waals surface area (Å²) in [5.41, 5.74) is -0.401. The predicted molar refractivity (Wildman–Crippen MR) is 68.9 cm³/mol. The van der Waals surface area contributed by atoms with Crippen LogP contribution in [-0.4, -0.2) is 33.9 Å². The Morgan fingerprint density at radius 1 is 1.31 bits per heavy atom. The van der Waals surface area contributed by atoms with Crippen LogP contribution in [-0.2, 0) is 0 Å². The summed E-state index contributed by atoms with van der Waals surface area (Å²) < 4.78 is 0. The van der Waals surface area contributed by atoms with Gasteiger partial charge in [-0.05, 0) is 40.5 Å². The monoisotopic (exact) mass is 246 g/mol. The van der Waals surface area contributed by atoms with Gasteiger partial charge in [-0.25, -0.2) is 0 Å². The van der Waals surface area contributed by atoms with Gasteiger partial charge in [0.2, 0.25) is 0 Å². The maximum absolute atomic E-state index is 10.1. The van der Waals surface area contributed by atoms with Gasteiger partial charge >= 0.3 is 0 Å². The number of nitrogens with zero attached hydrogens (tertiary/aromatic N) is 1. The van der Waals surface area contributed by atoms with E-state index in [1.807, 2.05) is 0 Å². The zero-order valence-electron chi connectivity index (χ0n) is 10.6. The van der Waals surface area contributed by atoms with E-state index in [9.17, 15) is 5.21 Å². The number of nitrogens with one attached hydrogen (secondary N) is 1. The first kappa shape index (κ1) is 15.7. The van der Waals surface area contributed by atoms with E-state index in [2.05, 4.69) is 38.9 Å². The second-order valence-corrected chi connectivity index (χ2v) is 5.63. The lowest BCUT2D eigenvalue weighted by atomic mass is 9.79. The number of rotatable bonds is 2. The van der Waals surface area contributed by atoms with Gasteiger partial charge in [0.15, 0.2) is 0 Å². The van der Waals surface area contributed by atoms with E-state index in [0.29, 0.717) is 12.6 Å². The van der Waals surface area contributed by atoms with Gasteiger partial charge in [-0.15, -0.1) is 18.8 Å². The fourth-order valence-corrected chi connectivity index (χ4v) is 2.62. The van der Waals surface area contributed by atoms with E-state index >= 15 is 0 Å². The lowest BCUT2D eigenvalue weighted by molar-refractivity contribution is -0.246. The molecule has 0 aromatic carbocycles. The average Bonchev–Trinajstić information content (AvgIpc) is 2.10. The molecule has 0 saturated carbocycles. The van der Waals surface area contributed by atoms with Gasteiger partial charge < -0.3 is 10.5 Å². The van der Waals surface area contributed by atoms with Crippen LogP contribution in [0.2, 0.25) is 0 Å². The van der Waals surface area contributed by atoms with Crippen molar-refractivity contribution in [1.82, 2.24) is 10.4 Å². The van der Waals surface area contributed by atoms with Crippen LogP contribution in [0.3, 0.4) is 0 Å². The maximum atomic E-state index is 10.1. The second-order valence-electron chi connectivity index (χ2n) is 5.63. The maximum Gasteiger partial charge on any atom is 0.0575 e. The Morgan fingerprint density at radius 3 is 2.12 bits per heavy atom.